The van der Waals surface area contributed by atoms with Crippen LogP contribution in [0.15, 0.2) is 22.7 Å². The van der Waals surface area contributed by atoms with Crippen molar-refractivity contribution in [3.63, 3.8) is 0 Å². The lowest BCUT2D eigenvalue weighted by atomic mass is 10.2. The zero-order chi connectivity index (χ0) is 15.0. The van der Waals surface area contributed by atoms with Crippen LogP contribution in [-0.4, -0.2) is 25.0 Å². The Hall–Kier alpha value is -1.40. The number of amides is 1. The topological polar surface area (TPSA) is 81.4 Å². The van der Waals surface area contributed by atoms with Crippen LogP contribution in [0, 0.1) is 0 Å². The van der Waals surface area contributed by atoms with E-state index in [1.807, 2.05) is 0 Å². The molecule has 6 heteroatoms. The Labute approximate surface area is 127 Å². The number of unbranched alkanes of at least 4 members (excludes halogenated alkanes) is 1. The smallest absolute Gasteiger partial charge is 0.338 e. The fourth-order valence-electron chi connectivity index (χ4n) is 1.60. The van der Waals surface area contributed by atoms with E-state index >= 15 is 0 Å². The third kappa shape index (κ3) is 5.30. The number of anilines is 1. The molecule has 0 aliphatic heterocycles. The molecule has 1 aromatic rings. The summed E-state index contributed by atoms with van der Waals surface area (Å²) in [4.78, 5) is 23.3. The largest absolute Gasteiger partial charge is 0.462 e. The molecule has 0 unspecified atom stereocenters. The summed E-state index contributed by atoms with van der Waals surface area (Å²) in [5, 5.41) is 2.79. The number of ether oxygens (including phenoxy) is 1. The Morgan fingerprint density at radius 3 is 2.70 bits per heavy atom. The second kappa shape index (κ2) is 8.71. The summed E-state index contributed by atoms with van der Waals surface area (Å²) in [6, 6.07) is 4.93. The van der Waals surface area contributed by atoms with Gasteiger partial charge in [0.25, 0.3) is 0 Å². The monoisotopic (exact) mass is 342 g/mol. The number of halogens is 1. The molecule has 0 radical (unpaired) electrons. The van der Waals surface area contributed by atoms with Gasteiger partial charge in [0.2, 0.25) is 5.91 Å². The molecule has 1 rings (SSSR count). The summed E-state index contributed by atoms with van der Waals surface area (Å²) in [7, 11) is 0. The second-order valence-electron chi connectivity index (χ2n) is 4.21. The van der Waals surface area contributed by atoms with Gasteiger partial charge in [-0.2, -0.15) is 0 Å². The molecule has 20 heavy (non-hydrogen) atoms. The van der Waals surface area contributed by atoms with E-state index in [1.165, 1.54) is 0 Å². The molecular weight excluding hydrogens is 324 g/mol. The molecule has 0 bridgehead atoms. The maximum atomic E-state index is 11.7. The number of rotatable bonds is 7. The molecule has 0 heterocycles. The lowest BCUT2D eigenvalue weighted by Crippen LogP contribution is -2.13. The first-order valence-corrected chi connectivity index (χ1v) is 7.34. The summed E-state index contributed by atoms with van der Waals surface area (Å²) < 4.78 is 5.56. The van der Waals surface area contributed by atoms with E-state index in [-0.39, 0.29) is 11.9 Å². The van der Waals surface area contributed by atoms with Crippen LogP contribution >= 0.6 is 15.9 Å². The average molecular weight is 343 g/mol. The zero-order valence-electron chi connectivity index (χ0n) is 11.4. The summed E-state index contributed by atoms with van der Waals surface area (Å²) in [5.41, 5.74) is 6.46. The first kappa shape index (κ1) is 16.7. The summed E-state index contributed by atoms with van der Waals surface area (Å²) in [5.74, 6) is -0.447. The molecule has 110 valence electrons. The van der Waals surface area contributed by atoms with Gasteiger partial charge in [-0.1, -0.05) is 0 Å². The van der Waals surface area contributed by atoms with Gasteiger partial charge in [-0.15, -0.1) is 0 Å². The van der Waals surface area contributed by atoms with E-state index in [1.54, 1.807) is 25.1 Å². The molecule has 1 amide bonds. The first-order valence-electron chi connectivity index (χ1n) is 6.55. The van der Waals surface area contributed by atoms with E-state index in [0.717, 1.165) is 12.8 Å². The number of carbonyl (C=O) groups excluding carboxylic acids is 2. The maximum absolute atomic E-state index is 11.7. The van der Waals surface area contributed by atoms with Crippen LogP contribution in [0.2, 0.25) is 0 Å². The summed E-state index contributed by atoms with van der Waals surface area (Å²) in [6.07, 6.45) is 2.03. The minimum absolute atomic E-state index is 0.0666. The number of hydrogen-bond donors (Lipinski definition) is 2. The zero-order valence-corrected chi connectivity index (χ0v) is 13.0. The van der Waals surface area contributed by atoms with Crippen molar-refractivity contribution in [2.45, 2.75) is 26.2 Å². The predicted octanol–water partition coefficient (Wildman–Crippen LogP) is 2.69. The van der Waals surface area contributed by atoms with Crippen molar-refractivity contribution in [2.75, 3.05) is 18.5 Å². The van der Waals surface area contributed by atoms with Gasteiger partial charge in [-0.3, -0.25) is 4.79 Å². The number of nitrogens with two attached hydrogens (primary N) is 1. The highest BCUT2D eigenvalue weighted by atomic mass is 79.9. The molecule has 0 fully saturated rings. The third-order valence-corrected chi connectivity index (χ3v) is 3.27. The van der Waals surface area contributed by atoms with Crippen molar-refractivity contribution in [1.82, 2.24) is 0 Å². The van der Waals surface area contributed by atoms with E-state index < -0.39 is 0 Å². The average Bonchev–Trinajstić information content (AvgIpc) is 2.41. The summed E-state index contributed by atoms with van der Waals surface area (Å²) in [6.45, 7) is 2.67. The van der Waals surface area contributed by atoms with E-state index in [2.05, 4.69) is 21.2 Å². The Morgan fingerprint density at radius 2 is 2.10 bits per heavy atom. The molecule has 1 aromatic carbocycles. The van der Waals surface area contributed by atoms with Crippen LogP contribution in [0.25, 0.3) is 0 Å². The van der Waals surface area contributed by atoms with Crippen molar-refractivity contribution < 1.29 is 14.3 Å². The van der Waals surface area contributed by atoms with Crippen molar-refractivity contribution in [3.8, 4) is 0 Å². The Bertz CT molecular complexity index is 477. The van der Waals surface area contributed by atoms with Gasteiger partial charge < -0.3 is 15.8 Å². The minimum atomic E-state index is -0.381. The molecule has 5 nitrogen and oxygen atoms in total. The van der Waals surface area contributed by atoms with Crippen molar-refractivity contribution in [3.05, 3.63) is 28.2 Å². The van der Waals surface area contributed by atoms with Crippen molar-refractivity contribution in [1.29, 1.82) is 0 Å². The molecule has 0 spiro atoms. The molecule has 0 saturated carbocycles. The third-order valence-electron chi connectivity index (χ3n) is 2.61. The number of carbonyl (C=O) groups is 2. The molecule has 0 aliphatic rings. The van der Waals surface area contributed by atoms with Crippen LogP contribution in [0.5, 0.6) is 0 Å². The minimum Gasteiger partial charge on any atom is -0.462 e. The van der Waals surface area contributed by atoms with E-state index in [0.29, 0.717) is 35.3 Å². The van der Waals surface area contributed by atoms with E-state index in [9.17, 15) is 9.59 Å². The first-order chi connectivity index (χ1) is 9.58. The number of benzene rings is 1. The van der Waals surface area contributed by atoms with Crippen LogP contribution in [0.4, 0.5) is 5.69 Å². The number of nitrogens with one attached hydrogen (secondary N) is 1. The van der Waals surface area contributed by atoms with Gasteiger partial charge in [0.1, 0.15) is 0 Å². The van der Waals surface area contributed by atoms with Crippen LogP contribution in [-0.2, 0) is 9.53 Å². The standard InChI is InChI=1S/C14H19BrN2O3/c1-2-20-14(19)10-6-7-12(11(15)9-10)17-13(18)5-3-4-8-16/h6-7,9H,2-5,8,16H2,1H3,(H,17,18). The molecule has 0 saturated heterocycles. The van der Waals surface area contributed by atoms with Crippen LogP contribution in [0.3, 0.4) is 0 Å². The normalized spacial score (nSPS) is 10.2. The molecular formula is C14H19BrN2O3. The van der Waals surface area contributed by atoms with Gasteiger partial charge >= 0.3 is 5.97 Å². The quantitative estimate of drug-likeness (QED) is 0.589. The highest BCUT2D eigenvalue weighted by Crippen LogP contribution is 2.24. The second-order valence-corrected chi connectivity index (χ2v) is 5.06. The van der Waals surface area contributed by atoms with Gasteiger partial charge in [0, 0.05) is 10.9 Å². The number of hydrogen-bond acceptors (Lipinski definition) is 4. The maximum Gasteiger partial charge on any atom is 0.338 e. The van der Waals surface area contributed by atoms with Gasteiger partial charge in [0.15, 0.2) is 0 Å². The van der Waals surface area contributed by atoms with Crippen LogP contribution in [0.1, 0.15) is 36.5 Å². The number of esters is 1. The lowest BCUT2D eigenvalue weighted by molar-refractivity contribution is -0.116. The summed E-state index contributed by atoms with van der Waals surface area (Å²) >= 11 is 3.33. The van der Waals surface area contributed by atoms with Gasteiger partial charge in [0.05, 0.1) is 17.9 Å². The Kier molecular flexibility index (Phi) is 7.25. The Morgan fingerprint density at radius 1 is 1.35 bits per heavy atom. The fraction of sp³-hybridized carbons (Fsp3) is 0.429. The van der Waals surface area contributed by atoms with Gasteiger partial charge in [-0.05, 0) is 60.4 Å². The highest BCUT2D eigenvalue weighted by molar-refractivity contribution is 9.10. The fourth-order valence-corrected chi connectivity index (χ4v) is 2.08. The predicted molar refractivity (Wildman–Crippen MR) is 81.6 cm³/mol. The van der Waals surface area contributed by atoms with Crippen molar-refractivity contribution in [2.24, 2.45) is 5.73 Å². The molecule has 0 atom stereocenters. The highest BCUT2D eigenvalue weighted by Gasteiger charge is 2.10. The molecule has 0 aliphatic carbocycles. The Balaban J connectivity index is 2.64. The lowest BCUT2D eigenvalue weighted by Gasteiger charge is -2.09. The molecule has 3 N–H and O–H groups in total. The van der Waals surface area contributed by atoms with E-state index in [4.69, 9.17) is 10.5 Å². The SMILES string of the molecule is CCOC(=O)c1ccc(NC(=O)CCCCN)c(Br)c1. The van der Waals surface area contributed by atoms with Crippen LogP contribution < -0.4 is 11.1 Å². The van der Waals surface area contributed by atoms with Crippen molar-refractivity contribution >= 4 is 33.5 Å². The van der Waals surface area contributed by atoms with Gasteiger partial charge in [-0.25, -0.2) is 4.79 Å². The molecule has 0 aromatic heterocycles.